The molecule has 1 aromatic heterocycles. The third-order valence-electron chi connectivity index (χ3n) is 2.55. The van der Waals surface area contributed by atoms with Crippen molar-refractivity contribution < 1.29 is 4.79 Å². The summed E-state index contributed by atoms with van der Waals surface area (Å²) in [6, 6.07) is 8.38. The normalized spacial score (nSPS) is 9.67. The van der Waals surface area contributed by atoms with Gasteiger partial charge in [0, 0.05) is 6.20 Å². The minimum atomic E-state index is -0.416. The molecule has 1 aromatic carbocycles. The molecule has 0 unspecified atom stereocenters. The highest BCUT2D eigenvalue weighted by molar-refractivity contribution is 6.44. The molecule has 6 heteroatoms. The largest absolute Gasteiger partial charge is 0.320 e. The van der Waals surface area contributed by atoms with Crippen molar-refractivity contribution in [2.24, 2.45) is 5.73 Å². The van der Waals surface area contributed by atoms with Crippen LogP contribution in [-0.2, 0) is 0 Å². The fraction of sp³-hybridized carbons (Fsp3) is 0.0667. The molecule has 0 aliphatic rings. The zero-order valence-electron chi connectivity index (χ0n) is 10.9. The lowest BCUT2D eigenvalue weighted by molar-refractivity contribution is 0.102. The Morgan fingerprint density at radius 2 is 2.10 bits per heavy atom. The van der Waals surface area contributed by atoms with E-state index in [-0.39, 0.29) is 17.3 Å². The Labute approximate surface area is 132 Å². The molecule has 0 bridgehead atoms. The standard InChI is InChI=1S/C15H11Cl2N3O/c16-11-6-1-7-12(13(11)17)20-15(21)14-10(4-2-8-18)5-3-9-19-14/h1,3,5-7,9H,8,18H2,(H,20,21). The second-order valence-electron chi connectivity index (χ2n) is 3.96. The van der Waals surface area contributed by atoms with Crippen LogP contribution in [0.1, 0.15) is 16.1 Å². The molecular formula is C15H11Cl2N3O. The highest BCUT2D eigenvalue weighted by atomic mass is 35.5. The van der Waals surface area contributed by atoms with Crippen LogP contribution in [0.4, 0.5) is 5.69 Å². The molecule has 0 aliphatic heterocycles. The molecular weight excluding hydrogens is 309 g/mol. The molecule has 0 atom stereocenters. The molecule has 0 radical (unpaired) electrons. The monoisotopic (exact) mass is 319 g/mol. The molecule has 0 fully saturated rings. The number of hydrogen-bond acceptors (Lipinski definition) is 3. The predicted octanol–water partition coefficient (Wildman–Crippen LogP) is 2.95. The number of rotatable bonds is 2. The van der Waals surface area contributed by atoms with Crippen LogP contribution in [0, 0.1) is 11.8 Å². The molecule has 3 N–H and O–H groups in total. The number of aromatic nitrogens is 1. The van der Waals surface area contributed by atoms with Crippen molar-refractivity contribution in [1.29, 1.82) is 0 Å². The lowest BCUT2D eigenvalue weighted by Gasteiger charge is -2.08. The highest BCUT2D eigenvalue weighted by Gasteiger charge is 2.14. The first-order chi connectivity index (χ1) is 10.1. The van der Waals surface area contributed by atoms with Crippen molar-refractivity contribution >= 4 is 34.8 Å². The van der Waals surface area contributed by atoms with Crippen LogP contribution in [0.2, 0.25) is 10.0 Å². The van der Waals surface area contributed by atoms with Crippen molar-refractivity contribution in [2.45, 2.75) is 0 Å². The molecule has 2 aromatic rings. The second kappa shape index (κ2) is 7.09. The molecule has 0 aliphatic carbocycles. The van der Waals surface area contributed by atoms with E-state index in [0.717, 1.165) is 0 Å². The summed E-state index contributed by atoms with van der Waals surface area (Å²) in [5, 5.41) is 3.30. The van der Waals surface area contributed by atoms with Gasteiger partial charge in [0.1, 0.15) is 5.69 Å². The highest BCUT2D eigenvalue weighted by Crippen LogP contribution is 2.29. The topological polar surface area (TPSA) is 68.0 Å². The summed E-state index contributed by atoms with van der Waals surface area (Å²) >= 11 is 11.9. The number of nitrogens with zero attached hydrogens (tertiary/aromatic N) is 1. The van der Waals surface area contributed by atoms with Crippen LogP contribution in [0.25, 0.3) is 0 Å². The van der Waals surface area contributed by atoms with E-state index >= 15 is 0 Å². The summed E-state index contributed by atoms with van der Waals surface area (Å²) in [6.07, 6.45) is 1.52. The number of amides is 1. The van der Waals surface area contributed by atoms with Gasteiger partial charge in [0.15, 0.2) is 0 Å². The summed E-state index contributed by atoms with van der Waals surface area (Å²) < 4.78 is 0. The molecule has 21 heavy (non-hydrogen) atoms. The fourth-order valence-electron chi connectivity index (χ4n) is 1.62. The van der Waals surface area contributed by atoms with E-state index < -0.39 is 5.91 Å². The number of carbonyl (C=O) groups is 1. The summed E-state index contributed by atoms with van der Waals surface area (Å²) in [7, 11) is 0. The number of anilines is 1. The Morgan fingerprint density at radius 3 is 2.86 bits per heavy atom. The number of hydrogen-bond donors (Lipinski definition) is 2. The molecule has 1 amide bonds. The van der Waals surface area contributed by atoms with Crippen LogP contribution >= 0.6 is 23.2 Å². The third kappa shape index (κ3) is 3.73. The molecule has 2 rings (SSSR count). The Hall–Kier alpha value is -2.06. The van der Waals surface area contributed by atoms with Crippen molar-refractivity contribution in [2.75, 3.05) is 11.9 Å². The minimum Gasteiger partial charge on any atom is -0.320 e. The summed E-state index contributed by atoms with van der Waals surface area (Å²) in [5.41, 5.74) is 6.45. The van der Waals surface area contributed by atoms with Crippen LogP contribution in [0.15, 0.2) is 36.5 Å². The number of benzene rings is 1. The van der Waals surface area contributed by atoms with E-state index in [1.807, 2.05) is 0 Å². The van der Waals surface area contributed by atoms with Crippen LogP contribution in [0.3, 0.4) is 0 Å². The van der Waals surface area contributed by atoms with E-state index in [4.69, 9.17) is 28.9 Å². The summed E-state index contributed by atoms with van der Waals surface area (Å²) in [5.74, 6) is 5.09. The molecule has 1 heterocycles. The van der Waals surface area contributed by atoms with E-state index in [9.17, 15) is 4.79 Å². The quantitative estimate of drug-likeness (QED) is 0.836. The number of nitrogens with one attached hydrogen (secondary N) is 1. The van der Waals surface area contributed by atoms with Gasteiger partial charge in [-0.2, -0.15) is 0 Å². The van der Waals surface area contributed by atoms with Crippen LogP contribution < -0.4 is 11.1 Å². The zero-order valence-corrected chi connectivity index (χ0v) is 12.4. The zero-order chi connectivity index (χ0) is 15.2. The van der Waals surface area contributed by atoms with Crippen LogP contribution in [-0.4, -0.2) is 17.4 Å². The van der Waals surface area contributed by atoms with Gasteiger partial charge in [-0.05, 0) is 24.3 Å². The summed E-state index contributed by atoms with van der Waals surface area (Å²) in [6.45, 7) is 0.204. The maximum Gasteiger partial charge on any atom is 0.275 e. The molecule has 0 saturated heterocycles. The van der Waals surface area contributed by atoms with Gasteiger partial charge in [-0.15, -0.1) is 0 Å². The Kier molecular flexibility index (Phi) is 5.18. The summed E-state index contributed by atoms with van der Waals surface area (Å²) in [4.78, 5) is 16.3. The number of pyridine rings is 1. The lowest BCUT2D eigenvalue weighted by atomic mass is 10.2. The van der Waals surface area contributed by atoms with Gasteiger partial charge < -0.3 is 11.1 Å². The van der Waals surface area contributed by atoms with Gasteiger partial charge in [-0.25, -0.2) is 4.98 Å². The first kappa shape index (κ1) is 15.3. The molecule has 106 valence electrons. The first-order valence-electron chi connectivity index (χ1n) is 6.03. The maximum atomic E-state index is 12.3. The number of carbonyl (C=O) groups excluding carboxylic acids is 1. The molecule has 4 nitrogen and oxygen atoms in total. The average molecular weight is 320 g/mol. The fourth-order valence-corrected chi connectivity index (χ4v) is 1.96. The van der Waals surface area contributed by atoms with Gasteiger partial charge in [0.05, 0.1) is 27.8 Å². The van der Waals surface area contributed by atoms with Gasteiger partial charge in [0.2, 0.25) is 0 Å². The van der Waals surface area contributed by atoms with E-state index in [0.29, 0.717) is 16.3 Å². The van der Waals surface area contributed by atoms with E-state index in [1.54, 1.807) is 30.3 Å². The maximum absolute atomic E-state index is 12.3. The van der Waals surface area contributed by atoms with Crippen molar-refractivity contribution in [3.63, 3.8) is 0 Å². The van der Waals surface area contributed by atoms with Gasteiger partial charge >= 0.3 is 0 Å². The van der Waals surface area contributed by atoms with Gasteiger partial charge in [-0.1, -0.05) is 41.1 Å². The van der Waals surface area contributed by atoms with Crippen LogP contribution in [0.5, 0.6) is 0 Å². The molecule has 0 spiro atoms. The predicted molar refractivity (Wildman–Crippen MR) is 84.6 cm³/mol. The first-order valence-corrected chi connectivity index (χ1v) is 6.78. The SMILES string of the molecule is NCC#Cc1cccnc1C(=O)Nc1cccc(Cl)c1Cl. The third-order valence-corrected chi connectivity index (χ3v) is 3.37. The lowest BCUT2D eigenvalue weighted by Crippen LogP contribution is -2.15. The van der Waals surface area contributed by atoms with E-state index in [1.165, 1.54) is 6.20 Å². The van der Waals surface area contributed by atoms with Crippen molar-refractivity contribution in [1.82, 2.24) is 4.98 Å². The van der Waals surface area contributed by atoms with Crippen molar-refractivity contribution in [3.05, 3.63) is 57.8 Å². The number of nitrogens with two attached hydrogens (primary N) is 1. The van der Waals surface area contributed by atoms with Gasteiger partial charge in [0.25, 0.3) is 5.91 Å². The Bertz CT molecular complexity index is 735. The Balaban J connectivity index is 2.31. The van der Waals surface area contributed by atoms with E-state index in [2.05, 4.69) is 22.1 Å². The molecule has 0 saturated carbocycles. The second-order valence-corrected chi connectivity index (χ2v) is 4.75. The van der Waals surface area contributed by atoms with Gasteiger partial charge in [-0.3, -0.25) is 4.79 Å². The Morgan fingerprint density at radius 1 is 1.29 bits per heavy atom. The van der Waals surface area contributed by atoms with Crippen molar-refractivity contribution in [3.8, 4) is 11.8 Å². The smallest absolute Gasteiger partial charge is 0.275 e. The minimum absolute atomic E-state index is 0.203. The number of halogens is 2. The average Bonchev–Trinajstić information content (AvgIpc) is 2.50.